The molecule has 8 nitrogen and oxygen atoms in total. The van der Waals surface area contributed by atoms with E-state index in [4.69, 9.17) is 10.5 Å². The second-order valence-corrected chi connectivity index (χ2v) is 4.93. The number of carbonyl (C=O) groups is 2. The number of aromatic nitrogens is 2. The third-order valence-corrected chi connectivity index (χ3v) is 3.41. The van der Waals surface area contributed by atoms with Crippen molar-refractivity contribution >= 4 is 17.6 Å². The monoisotopic (exact) mass is 281 g/mol. The minimum Gasteiger partial charge on any atom is -0.457 e. The number of rotatable bonds is 4. The van der Waals surface area contributed by atoms with Gasteiger partial charge in [-0.05, 0) is 12.3 Å². The van der Waals surface area contributed by atoms with Crippen molar-refractivity contribution < 1.29 is 14.3 Å². The summed E-state index contributed by atoms with van der Waals surface area (Å²) in [5.41, 5.74) is 3.60. The number of anilines is 1. The zero-order valence-corrected chi connectivity index (χ0v) is 11.1. The summed E-state index contributed by atoms with van der Waals surface area (Å²) < 4.78 is 5.79. The molecule has 2 rings (SSSR count). The highest BCUT2D eigenvalue weighted by atomic mass is 16.5. The summed E-state index contributed by atoms with van der Waals surface area (Å²) in [6, 6.07) is 0. The summed E-state index contributed by atoms with van der Waals surface area (Å²) in [6.45, 7) is 1.34. The van der Waals surface area contributed by atoms with Gasteiger partial charge in [-0.15, -0.1) is 0 Å². The van der Waals surface area contributed by atoms with Gasteiger partial charge < -0.3 is 10.5 Å². The minimum absolute atomic E-state index is 0.168. The van der Waals surface area contributed by atoms with Gasteiger partial charge in [0.25, 0.3) is 5.56 Å². The molecule has 1 aliphatic rings. The van der Waals surface area contributed by atoms with Crippen LogP contribution in [-0.2, 0) is 16.6 Å². The first-order chi connectivity index (χ1) is 9.32. The Kier molecular flexibility index (Phi) is 3.47. The maximum atomic E-state index is 11.9. The number of carbonyl (C=O) groups excluding carboxylic acids is 2. The van der Waals surface area contributed by atoms with Crippen LogP contribution in [0.15, 0.2) is 9.59 Å². The standard InChI is InChI=1S/C12H15N3O5/c1-5-3-6(5)11(18)20-4-7(16)8-9(13)15(2)12(19)14-10(8)17/h5-6H,3-4,13H2,1-2H3,(H,14,17,19)/t5-,6+/m0/s1. The predicted octanol–water partition coefficient (Wildman–Crippen LogP) is -0.962. The molecule has 108 valence electrons. The highest BCUT2D eigenvalue weighted by Crippen LogP contribution is 2.38. The zero-order chi connectivity index (χ0) is 15.0. The lowest BCUT2D eigenvalue weighted by atomic mass is 10.2. The number of nitrogens with one attached hydrogen (secondary N) is 1. The number of Topliss-reactive ketones (excluding diaryl/α,β-unsaturated/α-hetero) is 1. The fourth-order valence-corrected chi connectivity index (χ4v) is 1.87. The van der Waals surface area contributed by atoms with Crippen molar-refractivity contribution in [1.82, 2.24) is 9.55 Å². The molecule has 0 aromatic carbocycles. The van der Waals surface area contributed by atoms with Crippen LogP contribution in [0.3, 0.4) is 0 Å². The van der Waals surface area contributed by atoms with Crippen molar-refractivity contribution in [3.8, 4) is 0 Å². The van der Waals surface area contributed by atoms with Crippen LogP contribution in [0.5, 0.6) is 0 Å². The average molecular weight is 281 g/mol. The lowest BCUT2D eigenvalue weighted by molar-refractivity contribution is -0.144. The highest BCUT2D eigenvalue weighted by Gasteiger charge is 2.40. The molecule has 1 aromatic heterocycles. The molecule has 0 radical (unpaired) electrons. The molecule has 0 amide bonds. The Bertz CT molecular complexity index is 687. The molecular formula is C12H15N3O5. The van der Waals surface area contributed by atoms with Crippen LogP contribution in [0.25, 0.3) is 0 Å². The van der Waals surface area contributed by atoms with E-state index in [0.29, 0.717) is 0 Å². The molecule has 8 heteroatoms. The van der Waals surface area contributed by atoms with Crippen molar-refractivity contribution in [2.45, 2.75) is 13.3 Å². The van der Waals surface area contributed by atoms with E-state index in [2.05, 4.69) is 0 Å². The van der Waals surface area contributed by atoms with Gasteiger partial charge in [-0.25, -0.2) is 4.79 Å². The Labute approximate surface area is 113 Å². The van der Waals surface area contributed by atoms with Crippen molar-refractivity contribution in [3.63, 3.8) is 0 Å². The lowest BCUT2D eigenvalue weighted by Gasteiger charge is -2.08. The number of nitrogen functional groups attached to an aromatic ring is 1. The summed E-state index contributed by atoms with van der Waals surface area (Å²) >= 11 is 0. The molecule has 0 saturated heterocycles. The molecule has 0 aliphatic heterocycles. The molecule has 0 spiro atoms. The Balaban J connectivity index is 2.14. The maximum Gasteiger partial charge on any atom is 0.329 e. The number of hydrogen-bond donors (Lipinski definition) is 2. The van der Waals surface area contributed by atoms with Crippen molar-refractivity contribution in [2.75, 3.05) is 12.3 Å². The Morgan fingerprint density at radius 2 is 2.05 bits per heavy atom. The van der Waals surface area contributed by atoms with Crippen LogP contribution >= 0.6 is 0 Å². The minimum atomic E-state index is -0.883. The fourth-order valence-electron chi connectivity index (χ4n) is 1.87. The van der Waals surface area contributed by atoms with Crippen LogP contribution in [0.4, 0.5) is 5.82 Å². The molecule has 1 saturated carbocycles. The number of ketones is 1. The maximum absolute atomic E-state index is 11.9. The van der Waals surface area contributed by atoms with E-state index in [1.807, 2.05) is 11.9 Å². The number of hydrogen-bond acceptors (Lipinski definition) is 6. The van der Waals surface area contributed by atoms with Crippen molar-refractivity contribution in [2.24, 2.45) is 18.9 Å². The third-order valence-electron chi connectivity index (χ3n) is 3.41. The van der Waals surface area contributed by atoms with Crippen LogP contribution in [-0.4, -0.2) is 27.9 Å². The van der Waals surface area contributed by atoms with Gasteiger partial charge >= 0.3 is 11.7 Å². The van der Waals surface area contributed by atoms with E-state index in [0.717, 1.165) is 11.0 Å². The smallest absolute Gasteiger partial charge is 0.329 e. The predicted molar refractivity (Wildman–Crippen MR) is 69.3 cm³/mol. The summed E-state index contributed by atoms with van der Waals surface area (Å²) in [5, 5.41) is 0. The molecule has 2 atom stereocenters. The summed E-state index contributed by atoms with van der Waals surface area (Å²) in [7, 11) is 1.32. The molecule has 3 N–H and O–H groups in total. The Hall–Kier alpha value is -2.38. The second kappa shape index (κ2) is 4.95. The summed E-state index contributed by atoms with van der Waals surface area (Å²) in [5.74, 6) is -1.34. The summed E-state index contributed by atoms with van der Waals surface area (Å²) in [4.78, 5) is 48.2. The van der Waals surface area contributed by atoms with Crippen LogP contribution in [0.2, 0.25) is 0 Å². The topological polar surface area (TPSA) is 124 Å². The first-order valence-electron chi connectivity index (χ1n) is 6.11. The molecule has 1 fully saturated rings. The van der Waals surface area contributed by atoms with Gasteiger partial charge in [-0.3, -0.25) is 23.9 Å². The highest BCUT2D eigenvalue weighted by molar-refractivity contribution is 6.01. The van der Waals surface area contributed by atoms with E-state index in [1.165, 1.54) is 7.05 Å². The first kappa shape index (κ1) is 14.0. The molecule has 1 aromatic rings. The van der Waals surface area contributed by atoms with Gasteiger partial charge in [-0.1, -0.05) is 6.92 Å². The fraction of sp³-hybridized carbons (Fsp3) is 0.500. The van der Waals surface area contributed by atoms with Gasteiger partial charge in [0.05, 0.1) is 5.92 Å². The molecular weight excluding hydrogens is 266 g/mol. The van der Waals surface area contributed by atoms with E-state index in [1.54, 1.807) is 0 Å². The van der Waals surface area contributed by atoms with Crippen molar-refractivity contribution in [1.29, 1.82) is 0 Å². The largest absolute Gasteiger partial charge is 0.457 e. The van der Waals surface area contributed by atoms with Gasteiger partial charge in [0, 0.05) is 7.05 Å². The number of nitrogens with zero attached hydrogens (tertiary/aromatic N) is 1. The number of esters is 1. The number of H-pyrrole nitrogens is 1. The molecule has 0 unspecified atom stereocenters. The Morgan fingerprint density at radius 1 is 1.45 bits per heavy atom. The molecule has 20 heavy (non-hydrogen) atoms. The first-order valence-corrected chi connectivity index (χ1v) is 6.11. The van der Waals surface area contributed by atoms with Gasteiger partial charge in [0.2, 0.25) is 5.78 Å². The average Bonchev–Trinajstić information content (AvgIpc) is 3.10. The lowest BCUT2D eigenvalue weighted by Crippen LogP contribution is -2.36. The van der Waals surface area contributed by atoms with E-state index in [-0.39, 0.29) is 23.2 Å². The molecule has 0 bridgehead atoms. The van der Waals surface area contributed by atoms with Crippen LogP contribution in [0, 0.1) is 11.8 Å². The number of nitrogens with two attached hydrogens (primary N) is 1. The zero-order valence-electron chi connectivity index (χ0n) is 11.1. The van der Waals surface area contributed by atoms with Crippen molar-refractivity contribution in [3.05, 3.63) is 26.4 Å². The van der Waals surface area contributed by atoms with E-state index >= 15 is 0 Å². The molecule has 1 heterocycles. The van der Waals surface area contributed by atoms with E-state index < -0.39 is 29.6 Å². The van der Waals surface area contributed by atoms with Gasteiger partial charge in [0.15, 0.2) is 6.61 Å². The quantitative estimate of drug-likeness (QED) is 0.541. The van der Waals surface area contributed by atoms with Crippen LogP contribution < -0.4 is 17.0 Å². The normalized spacial score (nSPS) is 20.5. The number of ether oxygens (including phenoxy) is 1. The van der Waals surface area contributed by atoms with E-state index in [9.17, 15) is 19.2 Å². The number of aromatic amines is 1. The SMILES string of the molecule is C[C@H]1C[C@H]1C(=O)OCC(=O)c1c(N)n(C)c(=O)[nH]c1=O. The summed E-state index contributed by atoms with van der Waals surface area (Å²) in [6.07, 6.45) is 0.746. The van der Waals surface area contributed by atoms with Crippen LogP contribution in [0.1, 0.15) is 23.7 Å². The van der Waals surface area contributed by atoms with Gasteiger partial charge in [0.1, 0.15) is 11.4 Å². The Morgan fingerprint density at radius 3 is 2.60 bits per heavy atom. The van der Waals surface area contributed by atoms with Gasteiger partial charge in [-0.2, -0.15) is 0 Å². The second-order valence-electron chi connectivity index (χ2n) is 4.93. The third kappa shape index (κ3) is 2.49. The molecule has 1 aliphatic carbocycles.